The second kappa shape index (κ2) is 8.46. The molecule has 3 aliphatic rings. The highest BCUT2D eigenvalue weighted by atomic mass is 32.2. The minimum absolute atomic E-state index is 0.0108. The normalized spacial score (nSPS) is 27.0. The van der Waals surface area contributed by atoms with Crippen LogP contribution in [0.15, 0.2) is 34.7 Å². The highest BCUT2D eigenvalue weighted by molar-refractivity contribution is 8.01. The molecule has 158 valence electrons. The number of amides is 2. The third-order valence-electron chi connectivity index (χ3n) is 6.80. The molecule has 0 radical (unpaired) electrons. The molecule has 2 heterocycles. The summed E-state index contributed by atoms with van der Waals surface area (Å²) in [6, 6.07) is 5.82. The van der Waals surface area contributed by atoms with Gasteiger partial charge in [0.1, 0.15) is 0 Å². The molecule has 1 saturated heterocycles. The Labute approximate surface area is 186 Å². The molecule has 6 heteroatoms. The fourth-order valence-corrected chi connectivity index (χ4v) is 7.46. The molecule has 1 aromatic heterocycles. The molecule has 2 bridgehead atoms. The van der Waals surface area contributed by atoms with Crippen LogP contribution >= 0.6 is 23.1 Å². The lowest BCUT2D eigenvalue weighted by Gasteiger charge is -2.17. The second-order valence-corrected chi connectivity index (χ2v) is 11.1. The van der Waals surface area contributed by atoms with E-state index in [4.69, 9.17) is 4.98 Å². The van der Waals surface area contributed by atoms with Crippen LogP contribution in [0.3, 0.4) is 0 Å². The van der Waals surface area contributed by atoms with E-state index in [0.717, 1.165) is 26.7 Å². The molecule has 2 fully saturated rings. The number of unbranched alkanes of at least 4 members (excludes halogenated alkanes) is 5. The van der Waals surface area contributed by atoms with Crippen molar-refractivity contribution in [2.24, 2.45) is 23.7 Å². The molecule has 0 unspecified atom stereocenters. The molecule has 1 aromatic carbocycles. The molecule has 2 aromatic rings. The highest BCUT2D eigenvalue weighted by Gasteiger charge is 2.59. The maximum atomic E-state index is 13.1. The molecule has 0 spiro atoms. The van der Waals surface area contributed by atoms with Crippen LogP contribution in [-0.4, -0.2) is 22.6 Å². The first-order valence-corrected chi connectivity index (χ1v) is 13.1. The van der Waals surface area contributed by atoms with Crippen molar-refractivity contribution in [3.8, 4) is 0 Å². The van der Waals surface area contributed by atoms with Crippen molar-refractivity contribution in [2.75, 3.05) is 10.7 Å². The summed E-state index contributed by atoms with van der Waals surface area (Å²) in [5, 5.41) is 0. The van der Waals surface area contributed by atoms with Gasteiger partial charge in [0.15, 0.2) is 4.34 Å². The predicted molar refractivity (Wildman–Crippen MR) is 124 cm³/mol. The topological polar surface area (TPSA) is 50.3 Å². The van der Waals surface area contributed by atoms with Gasteiger partial charge in [-0.2, -0.15) is 0 Å². The minimum Gasteiger partial charge on any atom is -0.274 e. The first kappa shape index (κ1) is 20.3. The Morgan fingerprint density at radius 1 is 1.03 bits per heavy atom. The van der Waals surface area contributed by atoms with Crippen LogP contribution in [0.25, 0.3) is 10.2 Å². The minimum atomic E-state index is -0.145. The molecule has 4 atom stereocenters. The van der Waals surface area contributed by atoms with Gasteiger partial charge in [0.25, 0.3) is 0 Å². The van der Waals surface area contributed by atoms with Crippen LogP contribution in [0.1, 0.15) is 51.9 Å². The van der Waals surface area contributed by atoms with E-state index in [-0.39, 0.29) is 35.5 Å². The molecule has 4 nitrogen and oxygen atoms in total. The molecule has 1 aliphatic heterocycles. The summed E-state index contributed by atoms with van der Waals surface area (Å²) in [6.45, 7) is 2.25. The number of hydrogen-bond donors (Lipinski definition) is 0. The Hall–Kier alpha value is -1.66. The largest absolute Gasteiger partial charge is 0.274 e. The standard InChI is InChI=1S/C24H28N2O2S2/c1-2-3-4-5-6-7-12-29-24-25-18-11-10-17(14-19(18)30-24)26-22(27)20-15-8-9-16(13-15)21(20)23(26)28/h8-11,14-16,20-21H,2-7,12-13H2,1H3/t15-,16-,20+,21+/m0/s1. The summed E-state index contributed by atoms with van der Waals surface area (Å²) in [6.07, 6.45) is 13.1. The number of anilines is 1. The third kappa shape index (κ3) is 3.52. The third-order valence-corrected chi connectivity index (χ3v) is 9.05. The zero-order valence-corrected chi connectivity index (χ0v) is 19.0. The molecule has 5 rings (SSSR count). The fourth-order valence-electron chi connectivity index (χ4n) is 5.29. The lowest BCUT2D eigenvalue weighted by molar-refractivity contribution is -0.123. The summed E-state index contributed by atoms with van der Waals surface area (Å²) in [5.74, 6) is 1.28. The number of allylic oxidation sites excluding steroid dienone is 2. The van der Waals surface area contributed by atoms with Gasteiger partial charge in [0.05, 0.1) is 27.7 Å². The van der Waals surface area contributed by atoms with Gasteiger partial charge in [0, 0.05) is 5.75 Å². The first-order chi connectivity index (χ1) is 14.7. The van der Waals surface area contributed by atoms with Crippen molar-refractivity contribution in [2.45, 2.75) is 56.2 Å². The molecule has 1 saturated carbocycles. The van der Waals surface area contributed by atoms with Gasteiger partial charge < -0.3 is 0 Å². The van der Waals surface area contributed by atoms with Crippen LogP contribution in [0.4, 0.5) is 5.69 Å². The summed E-state index contributed by atoms with van der Waals surface area (Å²) in [4.78, 5) is 32.3. The van der Waals surface area contributed by atoms with Crippen LogP contribution in [0, 0.1) is 23.7 Å². The summed E-state index contributed by atoms with van der Waals surface area (Å²) in [7, 11) is 0. The number of imide groups is 1. The van der Waals surface area contributed by atoms with Gasteiger partial charge >= 0.3 is 0 Å². The Balaban J connectivity index is 1.25. The van der Waals surface area contributed by atoms with Crippen molar-refractivity contribution in [1.82, 2.24) is 4.98 Å². The second-order valence-electron chi connectivity index (χ2n) is 8.76. The molecular formula is C24H28N2O2S2. The zero-order valence-electron chi connectivity index (χ0n) is 17.4. The van der Waals surface area contributed by atoms with Gasteiger partial charge in [-0.05, 0) is 42.9 Å². The number of rotatable bonds is 9. The highest BCUT2D eigenvalue weighted by Crippen LogP contribution is 2.53. The number of benzene rings is 1. The van der Waals surface area contributed by atoms with Gasteiger partial charge in [-0.3, -0.25) is 9.59 Å². The van der Waals surface area contributed by atoms with E-state index >= 15 is 0 Å². The van der Waals surface area contributed by atoms with Crippen molar-refractivity contribution in [3.05, 3.63) is 30.4 Å². The quantitative estimate of drug-likeness (QED) is 0.206. The average Bonchev–Trinajstić information content (AvgIpc) is 3.50. The maximum Gasteiger partial charge on any atom is 0.238 e. The Kier molecular flexibility index (Phi) is 5.71. The summed E-state index contributed by atoms with van der Waals surface area (Å²) in [5.41, 5.74) is 1.66. The van der Waals surface area contributed by atoms with E-state index in [1.54, 1.807) is 11.3 Å². The first-order valence-electron chi connectivity index (χ1n) is 11.3. The van der Waals surface area contributed by atoms with Crippen LogP contribution in [0.2, 0.25) is 0 Å². The smallest absolute Gasteiger partial charge is 0.238 e. The van der Waals surface area contributed by atoms with E-state index in [1.807, 2.05) is 30.0 Å². The zero-order chi connectivity index (χ0) is 20.7. The molecule has 30 heavy (non-hydrogen) atoms. The van der Waals surface area contributed by atoms with Crippen molar-refractivity contribution < 1.29 is 9.59 Å². The van der Waals surface area contributed by atoms with E-state index in [9.17, 15) is 9.59 Å². The lowest BCUT2D eigenvalue weighted by atomic mass is 9.85. The van der Waals surface area contributed by atoms with E-state index in [2.05, 4.69) is 19.1 Å². The molecule has 2 amide bonds. The number of carbonyl (C=O) groups is 2. The van der Waals surface area contributed by atoms with Gasteiger partial charge in [-0.25, -0.2) is 9.88 Å². The molecular weight excluding hydrogens is 412 g/mol. The number of thioether (sulfide) groups is 1. The molecule has 2 aliphatic carbocycles. The van der Waals surface area contributed by atoms with Crippen molar-refractivity contribution in [3.63, 3.8) is 0 Å². The number of aromatic nitrogens is 1. The SMILES string of the molecule is CCCCCCCCSc1nc2ccc(N3C(=O)[C@H]4[C@H](C3=O)[C@H]3C=C[C@H]4C3)cc2s1. The van der Waals surface area contributed by atoms with Crippen LogP contribution < -0.4 is 4.90 Å². The van der Waals surface area contributed by atoms with Gasteiger partial charge in [0.2, 0.25) is 11.8 Å². The van der Waals surface area contributed by atoms with Crippen LogP contribution in [0.5, 0.6) is 0 Å². The van der Waals surface area contributed by atoms with Gasteiger partial charge in [-0.15, -0.1) is 11.3 Å². The monoisotopic (exact) mass is 440 g/mol. The van der Waals surface area contributed by atoms with Crippen LogP contribution in [-0.2, 0) is 9.59 Å². The van der Waals surface area contributed by atoms with E-state index in [0.29, 0.717) is 5.69 Å². The van der Waals surface area contributed by atoms with Crippen molar-refractivity contribution in [1.29, 1.82) is 0 Å². The van der Waals surface area contributed by atoms with Crippen molar-refractivity contribution >= 4 is 50.8 Å². The van der Waals surface area contributed by atoms with E-state index in [1.165, 1.54) is 43.4 Å². The number of hydrogen-bond acceptors (Lipinski definition) is 5. The number of fused-ring (bicyclic) bond motifs is 6. The summed E-state index contributed by atoms with van der Waals surface area (Å²) >= 11 is 3.49. The Bertz CT molecular complexity index is 968. The molecule has 0 N–H and O–H groups in total. The number of thiazole rings is 1. The Morgan fingerprint density at radius 2 is 1.73 bits per heavy atom. The maximum absolute atomic E-state index is 13.1. The van der Waals surface area contributed by atoms with E-state index < -0.39 is 0 Å². The average molecular weight is 441 g/mol. The number of carbonyl (C=O) groups excluding carboxylic acids is 2. The Morgan fingerprint density at radius 3 is 2.47 bits per heavy atom. The summed E-state index contributed by atoms with van der Waals surface area (Å²) < 4.78 is 2.13. The predicted octanol–water partition coefficient (Wildman–Crippen LogP) is 6.06. The lowest BCUT2D eigenvalue weighted by Crippen LogP contribution is -2.32. The van der Waals surface area contributed by atoms with Gasteiger partial charge in [-0.1, -0.05) is 62.9 Å². The fraction of sp³-hybridized carbons (Fsp3) is 0.542. The number of nitrogens with zero attached hydrogens (tertiary/aromatic N) is 2.